The second-order valence-corrected chi connectivity index (χ2v) is 9.56. The van der Waals surface area contributed by atoms with Crippen LogP contribution in [0.4, 0.5) is 5.69 Å². The van der Waals surface area contributed by atoms with Gasteiger partial charge < -0.3 is 11.5 Å². The number of benzene rings is 1. The lowest BCUT2D eigenvalue weighted by Crippen LogP contribution is -2.33. The maximum atomic E-state index is 13.1. The highest BCUT2D eigenvalue weighted by Gasteiger charge is 2.24. The lowest BCUT2D eigenvalue weighted by atomic mass is 10.1. The number of sulfonamides is 1. The van der Waals surface area contributed by atoms with Gasteiger partial charge in [-0.05, 0) is 50.9 Å². The number of nitro groups is 1. The van der Waals surface area contributed by atoms with E-state index < -0.39 is 14.9 Å². The molecule has 0 saturated heterocycles. The van der Waals surface area contributed by atoms with Gasteiger partial charge in [-0.15, -0.1) is 0 Å². The number of hydrogen-bond acceptors (Lipinski definition) is 6. The summed E-state index contributed by atoms with van der Waals surface area (Å²) in [6.45, 7) is 2.34. The zero-order valence-corrected chi connectivity index (χ0v) is 18.8. The minimum atomic E-state index is -3.67. The van der Waals surface area contributed by atoms with Crippen LogP contribution in [0.2, 0.25) is 0 Å². The summed E-state index contributed by atoms with van der Waals surface area (Å²) < 4.78 is 27.8. The maximum Gasteiger partial charge on any atom is 0.269 e. The van der Waals surface area contributed by atoms with Crippen LogP contribution >= 0.6 is 0 Å². The normalized spacial score (nSPS) is 11.8. The Morgan fingerprint density at radius 2 is 1.13 bits per heavy atom. The van der Waals surface area contributed by atoms with Crippen molar-refractivity contribution in [3.63, 3.8) is 0 Å². The summed E-state index contributed by atoms with van der Waals surface area (Å²) in [6.07, 6.45) is 11.0. The number of unbranched alkanes of at least 4 members (excludes halogenated alkanes) is 9. The van der Waals surface area contributed by atoms with Crippen LogP contribution in [0.15, 0.2) is 29.2 Å². The summed E-state index contributed by atoms with van der Waals surface area (Å²) in [7, 11) is -3.67. The third-order valence-corrected chi connectivity index (χ3v) is 7.07. The molecule has 0 unspecified atom stereocenters. The summed E-state index contributed by atoms with van der Waals surface area (Å²) in [6, 6.07) is 5.15. The Bertz CT molecular complexity index is 695. The number of non-ortho nitro benzene ring substituents is 1. The number of hydrogen-bond donors (Lipinski definition) is 2. The van der Waals surface area contributed by atoms with E-state index in [9.17, 15) is 18.5 Å². The Hall–Kier alpha value is -1.55. The standard InChI is InChI=1S/C21H38N4O4S/c22-16-8-4-1-2-6-10-18-24(19-11-7-3-5-9-17-23)30(28,29)21-14-12-20(13-15-21)25(26)27/h12-15H,1-11,16-19,22-23H2. The van der Waals surface area contributed by atoms with Crippen LogP contribution in [0, 0.1) is 10.1 Å². The van der Waals surface area contributed by atoms with Gasteiger partial charge in [0.25, 0.3) is 5.69 Å². The largest absolute Gasteiger partial charge is 0.330 e. The lowest BCUT2D eigenvalue weighted by molar-refractivity contribution is -0.384. The highest BCUT2D eigenvalue weighted by Crippen LogP contribution is 2.21. The van der Waals surface area contributed by atoms with Crippen molar-refractivity contribution in [1.29, 1.82) is 0 Å². The topological polar surface area (TPSA) is 133 Å². The zero-order chi connectivity index (χ0) is 22.2. The molecule has 0 amide bonds. The fourth-order valence-electron chi connectivity index (χ4n) is 3.34. The summed E-state index contributed by atoms with van der Waals surface area (Å²) in [4.78, 5) is 10.4. The van der Waals surface area contributed by atoms with E-state index in [2.05, 4.69) is 0 Å². The Balaban J connectivity index is 2.67. The molecular formula is C21H38N4O4S. The van der Waals surface area contributed by atoms with E-state index in [1.807, 2.05) is 0 Å². The van der Waals surface area contributed by atoms with Gasteiger partial charge in [0.2, 0.25) is 10.0 Å². The molecule has 9 heteroatoms. The molecule has 0 spiro atoms. The Labute approximate surface area is 181 Å². The van der Waals surface area contributed by atoms with Gasteiger partial charge >= 0.3 is 0 Å². The van der Waals surface area contributed by atoms with Crippen molar-refractivity contribution in [2.75, 3.05) is 26.2 Å². The van der Waals surface area contributed by atoms with E-state index in [-0.39, 0.29) is 10.6 Å². The first-order valence-electron chi connectivity index (χ1n) is 11.1. The van der Waals surface area contributed by atoms with E-state index >= 15 is 0 Å². The zero-order valence-electron chi connectivity index (χ0n) is 18.0. The van der Waals surface area contributed by atoms with Crippen LogP contribution in [0.25, 0.3) is 0 Å². The van der Waals surface area contributed by atoms with Crippen molar-refractivity contribution in [3.8, 4) is 0 Å². The Morgan fingerprint density at radius 3 is 1.53 bits per heavy atom. The SMILES string of the molecule is NCCCCCCCCN(CCCCCCCN)S(=O)(=O)c1ccc([N+](=O)[O-])cc1. The number of nitro benzene ring substituents is 1. The molecule has 0 bridgehead atoms. The quantitative estimate of drug-likeness (QED) is 0.202. The van der Waals surface area contributed by atoms with Gasteiger partial charge in [0.05, 0.1) is 9.82 Å². The molecule has 1 aromatic carbocycles. The second kappa shape index (κ2) is 15.3. The first kappa shape index (κ1) is 26.5. The van der Waals surface area contributed by atoms with Crippen molar-refractivity contribution in [2.24, 2.45) is 11.5 Å². The summed E-state index contributed by atoms with van der Waals surface area (Å²) in [5, 5.41) is 10.8. The molecule has 30 heavy (non-hydrogen) atoms. The van der Waals surface area contributed by atoms with E-state index in [1.165, 1.54) is 28.6 Å². The molecular weight excluding hydrogens is 404 g/mol. The molecule has 172 valence electrons. The number of nitrogens with two attached hydrogens (primary N) is 2. The summed E-state index contributed by atoms with van der Waals surface area (Å²) in [5.41, 5.74) is 10.9. The Kier molecular flexibility index (Phi) is 13.5. The molecule has 0 atom stereocenters. The van der Waals surface area contributed by atoms with Gasteiger partial charge in [-0.2, -0.15) is 4.31 Å². The van der Waals surface area contributed by atoms with Crippen LogP contribution in [0.3, 0.4) is 0 Å². The molecule has 4 N–H and O–H groups in total. The van der Waals surface area contributed by atoms with E-state index in [4.69, 9.17) is 11.5 Å². The summed E-state index contributed by atoms with van der Waals surface area (Å²) >= 11 is 0. The van der Waals surface area contributed by atoms with Gasteiger partial charge in [-0.3, -0.25) is 10.1 Å². The molecule has 8 nitrogen and oxygen atoms in total. The van der Waals surface area contributed by atoms with Gasteiger partial charge in [-0.1, -0.05) is 44.9 Å². The molecule has 0 saturated carbocycles. The van der Waals surface area contributed by atoms with Crippen molar-refractivity contribution in [2.45, 2.75) is 75.5 Å². The van der Waals surface area contributed by atoms with Crippen LogP contribution in [-0.2, 0) is 10.0 Å². The van der Waals surface area contributed by atoms with Crippen molar-refractivity contribution >= 4 is 15.7 Å². The molecule has 0 aromatic heterocycles. The third-order valence-electron chi connectivity index (χ3n) is 5.16. The molecule has 0 radical (unpaired) electrons. The highest BCUT2D eigenvalue weighted by molar-refractivity contribution is 7.89. The molecule has 0 aliphatic carbocycles. The molecule has 0 fully saturated rings. The van der Waals surface area contributed by atoms with E-state index in [0.29, 0.717) is 26.2 Å². The van der Waals surface area contributed by atoms with Crippen molar-refractivity contribution < 1.29 is 13.3 Å². The van der Waals surface area contributed by atoms with Gasteiger partial charge in [0.15, 0.2) is 0 Å². The van der Waals surface area contributed by atoms with Crippen LogP contribution in [-0.4, -0.2) is 43.8 Å². The van der Waals surface area contributed by atoms with Crippen LogP contribution in [0.5, 0.6) is 0 Å². The molecule has 1 aromatic rings. The monoisotopic (exact) mass is 442 g/mol. The Morgan fingerprint density at radius 1 is 0.733 bits per heavy atom. The van der Waals surface area contributed by atoms with Crippen molar-refractivity contribution in [1.82, 2.24) is 4.31 Å². The molecule has 1 rings (SSSR count). The van der Waals surface area contributed by atoms with Gasteiger partial charge in [0, 0.05) is 25.2 Å². The van der Waals surface area contributed by atoms with Crippen molar-refractivity contribution in [3.05, 3.63) is 34.4 Å². The van der Waals surface area contributed by atoms with E-state index in [1.54, 1.807) is 0 Å². The van der Waals surface area contributed by atoms with Gasteiger partial charge in [-0.25, -0.2) is 8.42 Å². The average molecular weight is 443 g/mol. The average Bonchev–Trinajstić information content (AvgIpc) is 2.73. The van der Waals surface area contributed by atoms with Crippen LogP contribution in [0.1, 0.15) is 70.6 Å². The van der Waals surface area contributed by atoms with Gasteiger partial charge in [0.1, 0.15) is 0 Å². The lowest BCUT2D eigenvalue weighted by Gasteiger charge is -2.22. The highest BCUT2D eigenvalue weighted by atomic mass is 32.2. The predicted octanol–water partition coefficient (Wildman–Crippen LogP) is 3.79. The third kappa shape index (κ3) is 9.97. The molecule has 0 aliphatic heterocycles. The second-order valence-electron chi connectivity index (χ2n) is 7.62. The predicted molar refractivity (Wildman–Crippen MR) is 121 cm³/mol. The molecule has 0 aliphatic rings. The van der Waals surface area contributed by atoms with Crippen LogP contribution < -0.4 is 11.5 Å². The first-order chi connectivity index (χ1) is 14.4. The number of nitrogens with zero attached hydrogens (tertiary/aromatic N) is 2. The molecule has 0 heterocycles. The minimum absolute atomic E-state index is 0.110. The first-order valence-corrected chi connectivity index (χ1v) is 12.5. The number of rotatable bonds is 18. The fourth-order valence-corrected chi connectivity index (χ4v) is 4.86. The van der Waals surface area contributed by atoms with E-state index in [0.717, 1.165) is 70.6 Å². The minimum Gasteiger partial charge on any atom is -0.330 e. The smallest absolute Gasteiger partial charge is 0.269 e. The maximum absolute atomic E-state index is 13.1. The summed E-state index contributed by atoms with van der Waals surface area (Å²) in [5.74, 6) is 0. The fraction of sp³-hybridized carbons (Fsp3) is 0.714.